The second-order valence-corrected chi connectivity index (χ2v) is 7.25. The van der Waals surface area contributed by atoms with Crippen LogP contribution in [-0.2, 0) is 0 Å². The van der Waals surface area contributed by atoms with Crippen LogP contribution in [0.3, 0.4) is 0 Å². The van der Waals surface area contributed by atoms with Crippen LogP contribution >= 0.6 is 0 Å². The summed E-state index contributed by atoms with van der Waals surface area (Å²) in [6, 6.07) is 0. The molecule has 0 bridgehead atoms. The Morgan fingerprint density at radius 3 is 2.32 bits per heavy atom. The molecule has 0 aromatic carbocycles. The summed E-state index contributed by atoms with van der Waals surface area (Å²) in [7, 11) is 0. The molecule has 19 heavy (non-hydrogen) atoms. The molecule has 0 aromatic rings. The highest BCUT2D eigenvalue weighted by Crippen LogP contribution is 2.38. The van der Waals surface area contributed by atoms with E-state index >= 15 is 0 Å². The van der Waals surface area contributed by atoms with Gasteiger partial charge in [0.25, 0.3) is 0 Å². The van der Waals surface area contributed by atoms with Crippen molar-refractivity contribution in [2.75, 3.05) is 19.6 Å². The fourth-order valence-corrected chi connectivity index (χ4v) is 4.18. The zero-order valence-corrected chi connectivity index (χ0v) is 13.2. The van der Waals surface area contributed by atoms with E-state index in [4.69, 9.17) is 0 Å². The Balaban J connectivity index is 1.82. The highest BCUT2D eigenvalue weighted by atomic mass is 16.3. The van der Waals surface area contributed by atoms with Crippen LogP contribution in [0, 0.1) is 17.3 Å². The molecule has 1 aliphatic carbocycles. The van der Waals surface area contributed by atoms with E-state index in [9.17, 15) is 5.11 Å². The smallest absolute Gasteiger partial charge is 0.0580 e. The van der Waals surface area contributed by atoms with Crippen molar-refractivity contribution in [1.82, 2.24) is 4.90 Å². The number of rotatable bonds is 4. The number of likely N-dealkylation sites (tertiary alicyclic amines) is 1. The van der Waals surface area contributed by atoms with E-state index in [2.05, 4.69) is 25.7 Å². The number of aliphatic hydroxyl groups excluding tert-OH is 1. The summed E-state index contributed by atoms with van der Waals surface area (Å²) in [5.74, 6) is 1.34. The van der Waals surface area contributed by atoms with Gasteiger partial charge < -0.3 is 10.0 Å². The Morgan fingerprint density at radius 1 is 1.11 bits per heavy atom. The molecule has 3 atom stereocenters. The maximum atomic E-state index is 10.2. The first-order valence-electron chi connectivity index (χ1n) is 8.49. The summed E-state index contributed by atoms with van der Waals surface area (Å²) in [6.45, 7) is 10.7. The molecular weight excluding hydrogens is 234 g/mol. The van der Waals surface area contributed by atoms with Gasteiger partial charge >= 0.3 is 0 Å². The number of aliphatic hydroxyl groups is 1. The Bertz CT molecular complexity index is 264. The molecule has 0 spiro atoms. The minimum absolute atomic E-state index is 0.0415. The van der Waals surface area contributed by atoms with Gasteiger partial charge in [-0.2, -0.15) is 0 Å². The first-order valence-corrected chi connectivity index (χ1v) is 8.49. The summed E-state index contributed by atoms with van der Waals surface area (Å²) >= 11 is 0. The quantitative estimate of drug-likeness (QED) is 0.840. The molecule has 2 heteroatoms. The molecule has 0 aromatic heterocycles. The molecule has 2 fully saturated rings. The average Bonchev–Trinajstić information content (AvgIpc) is 2.44. The molecule has 0 radical (unpaired) electrons. The van der Waals surface area contributed by atoms with E-state index in [1.54, 1.807) is 0 Å². The lowest BCUT2D eigenvalue weighted by atomic mass is 9.73. The minimum atomic E-state index is -0.0415. The Labute approximate surface area is 119 Å². The van der Waals surface area contributed by atoms with Gasteiger partial charge in [0.1, 0.15) is 0 Å². The average molecular weight is 267 g/mol. The molecule has 1 saturated carbocycles. The molecule has 0 amide bonds. The highest BCUT2D eigenvalue weighted by Gasteiger charge is 2.34. The number of hydrogen-bond acceptors (Lipinski definition) is 2. The van der Waals surface area contributed by atoms with Crippen LogP contribution in [0.25, 0.3) is 0 Å². The fourth-order valence-electron chi connectivity index (χ4n) is 4.18. The third kappa shape index (κ3) is 3.72. The van der Waals surface area contributed by atoms with Crippen molar-refractivity contribution in [2.24, 2.45) is 17.3 Å². The second-order valence-electron chi connectivity index (χ2n) is 7.25. The van der Waals surface area contributed by atoms with Gasteiger partial charge in [0.15, 0.2) is 0 Å². The van der Waals surface area contributed by atoms with Crippen LogP contribution in [0.15, 0.2) is 0 Å². The van der Waals surface area contributed by atoms with Gasteiger partial charge in [0.2, 0.25) is 0 Å². The third-order valence-corrected chi connectivity index (χ3v) is 6.11. The highest BCUT2D eigenvalue weighted by molar-refractivity contribution is 4.87. The Kier molecular flexibility index (Phi) is 5.30. The summed E-state index contributed by atoms with van der Waals surface area (Å²) in [5.41, 5.74) is 0.620. The van der Waals surface area contributed by atoms with Crippen LogP contribution < -0.4 is 0 Å². The van der Waals surface area contributed by atoms with Gasteiger partial charge in [-0.1, -0.05) is 33.6 Å². The monoisotopic (exact) mass is 267 g/mol. The van der Waals surface area contributed by atoms with Gasteiger partial charge in [-0.3, -0.25) is 0 Å². The number of piperidine rings is 1. The van der Waals surface area contributed by atoms with Crippen molar-refractivity contribution in [1.29, 1.82) is 0 Å². The maximum absolute atomic E-state index is 10.2. The van der Waals surface area contributed by atoms with Gasteiger partial charge in [-0.15, -0.1) is 0 Å². The summed E-state index contributed by atoms with van der Waals surface area (Å²) < 4.78 is 0. The lowest BCUT2D eigenvalue weighted by molar-refractivity contribution is 0.0129. The van der Waals surface area contributed by atoms with Crippen molar-refractivity contribution in [2.45, 2.75) is 71.8 Å². The predicted octanol–water partition coefficient (Wildman–Crippen LogP) is 3.69. The largest absolute Gasteiger partial charge is 0.393 e. The van der Waals surface area contributed by atoms with Crippen LogP contribution in [0.1, 0.15) is 65.7 Å². The topological polar surface area (TPSA) is 23.5 Å². The molecule has 2 aliphatic rings. The van der Waals surface area contributed by atoms with Crippen molar-refractivity contribution < 1.29 is 5.11 Å². The SMILES string of the molecule is CCC1(CC)CCN(CC2CC(C)CCC2O)CC1. The van der Waals surface area contributed by atoms with Gasteiger partial charge in [0.05, 0.1) is 6.10 Å². The second kappa shape index (κ2) is 6.58. The molecule has 1 aliphatic heterocycles. The zero-order chi connectivity index (χ0) is 13.9. The van der Waals surface area contributed by atoms with E-state index < -0.39 is 0 Å². The molecule has 2 nitrogen and oxygen atoms in total. The van der Waals surface area contributed by atoms with E-state index in [0.29, 0.717) is 11.3 Å². The Hall–Kier alpha value is -0.0800. The fraction of sp³-hybridized carbons (Fsp3) is 1.00. The van der Waals surface area contributed by atoms with E-state index in [1.165, 1.54) is 51.6 Å². The summed E-state index contributed by atoms with van der Waals surface area (Å²) in [6.07, 6.45) is 8.81. The van der Waals surface area contributed by atoms with Crippen LogP contribution in [0.2, 0.25) is 0 Å². The van der Waals surface area contributed by atoms with Gasteiger partial charge in [-0.05, 0) is 62.4 Å². The van der Waals surface area contributed by atoms with Crippen molar-refractivity contribution in [3.8, 4) is 0 Å². The molecule has 3 unspecified atom stereocenters. The van der Waals surface area contributed by atoms with Crippen molar-refractivity contribution >= 4 is 0 Å². The first kappa shape index (κ1) is 15.3. The first-order chi connectivity index (χ1) is 9.08. The van der Waals surface area contributed by atoms with E-state index in [-0.39, 0.29) is 6.10 Å². The molecule has 1 saturated heterocycles. The minimum Gasteiger partial charge on any atom is -0.393 e. The number of hydrogen-bond donors (Lipinski definition) is 1. The van der Waals surface area contributed by atoms with Crippen LogP contribution in [0.5, 0.6) is 0 Å². The van der Waals surface area contributed by atoms with E-state index in [1.807, 2.05) is 0 Å². The lowest BCUT2D eigenvalue weighted by Gasteiger charge is -2.43. The van der Waals surface area contributed by atoms with Gasteiger partial charge in [0, 0.05) is 6.54 Å². The summed E-state index contributed by atoms with van der Waals surface area (Å²) in [4.78, 5) is 2.62. The predicted molar refractivity (Wildman–Crippen MR) is 81.2 cm³/mol. The molecule has 112 valence electrons. The van der Waals surface area contributed by atoms with Crippen molar-refractivity contribution in [3.05, 3.63) is 0 Å². The molecular formula is C17H33NO. The summed E-state index contributed by atoms with van der Waals surface area (Å²) in [5, 5.41) is 10.2. The lowest BCUT2D eigenvalue weighted by Crippen LogP contribution is -2.44. The number of nitrogens with zero attached hydrogens (tertiary/aromatic N) is 1. The normalized spacial score (nSPS) is 36.3. The molecule has 1 N–H and O–H groups in total. The maximum Gasteiger partial charge on any atom is 0.0580 e. The molecule has 2 rings (SSSR count). The van der Waals surface area contributed by atoms with Gasteiger partial charge in [-0.25, -0.2) is 0 Å². The third-order valence-electron chi connectivity index (χ3n) is 6.11. The van der Waals surface area contributed by atoms with Crippen molar-refractivity contribution in [3.63, 3.8) is 0 Å². The van der Waals surface area contributed by atoms with E-state index in [0.717, 1.165) is 18.9 Å². The van der Waals surface area contributed by atoms with Crippen LogP contribution in [-0.4, -0.2) is 35.7 Å². The standard InChI is InChI=1S/C17H33NO/c1-4-17(5-2)8-10-18(11-9-17)13-15-12-14(3)6-7-16(15)19/h14-16,19H,4-13H2,1-3H3. The zero-order valence-electron chi connectivity index (χ0n) is 13.2. The molecule has 1 heterocycles. The Morgan fingerprint density at radius 2 is 1.74 bits per heavy atom. The van der Waals surface area contributed by atoms with Crippen LogP contribution in [0.4, 0.5) is 0 Å².